The molecule has 0 aliphatic rings. The van der Waals surface area contributed by atoms with E-state index in [0.717, 1.165) is 23.0 Å². The summed E-state index contributed by atoms with van der Waals surface area (Å²) in [6.45, 7) is 2.43. The van der Waals surface area contributed by atoms with Gasteiger partial charge in [0.15, 0.2) is 11.0 Å². The van der Waals surface area contributed by atoms with Crippen LogP contribution >= 0.6 is 11.8 Å². The third kappa shape index (κ3) is 5.44. The number of hydrogen-bond acceptors (Lipinski definition) is 5. The summed E-state index contributed by atoms with van der Waals surface area (Å²) in [7, 11) is 1.56. The van der Waals surface area contributed by atoms with Gasteiger partial charge in [-0.25, -0.2) is 0 Å². The van der Waals surface area contributed by atoms with Gasteiger partial charge in [-0.3, -0.25) is 4.57 Å². The lowest BCUT2D eigenvalue weighted by atomic mass is 10.2. The molecular weight excluding hydrogens is 403 g/mol. The van der Waals surface area contributed by atoms with Crippen molar-refractivity contribution in [3.8, 4) is 28.6 Å². The Labute approximate surface area is 170 Å². The van der Waals surface area contributed by atoms with E-state index in [0.29, 0.717) is 29.1 Å². The Balaban J connectivity index is 1.99. The van der Waals surface area contributed by atoms with Crippen molar-refractivity contribution in [1.29, 1.82) is 0 Å². The van der Waals surface area contributed by atoms with Crippen molar-refractivity contribution >= 4 is 11.8 Å². The molecule has 0 N–H and O–H groups in total. The van der Waals surface area contributed by atoms with Crippen LogP contribution in [-0.2, 0) is 0 Å². The molecule has 0 unspecified atom stereocenters. The van der Waals surface area contributed by atoms with Crippen LogP contribution in [0.5, 0.6) is 11.5 Å². The van der Waals surface area contributed by atoms with Crippen LogP contribution in [0.15, 0.2) is 53.7 Å². The molecule has 5 nitrogen and oxygen atoms in total. The van der Waals surface area contributed by atoms with Gasteiger partial charge in [0.25, 0.3) is 0 Å². The summed E-state index contributed by atoms with van der Waals surface area (Å²) in [6.07, 6.45) is -5.12. The van der Waals surface area contributed by atoms with Gasteiger partial charge < -0.3 is 9.47 Å². The van der Waals surface area contributed by atoms with Gasteiger partial charge in [0.05, 0.1) is 20.1 Å². The molecule has 154 valence electrons. The lowest BCUT2D eigenvalue weighted by Gasteiger charge is -2.12. The van der Waals surface area contributed by atoms with Crippen LogP contribution in [0.1, 0.15) is 13.3 Å². The molecule has 3 aromatic rings. The first-order chi connectivity index (χ1) is 13.9. The first-order valence-electron chi connectivity index (χ1n) is 8.94. The molecule has 0 saturated carbocycles. The summed E-state index contributed by atoms with van der Waals surface area (Å²) in [4.78, 5) is 0. The van der Waals surface area contributed by atoms with E-state index in [1.165, 1.54) is 0 Å². The zero-order valence-corrected chi connectivity index (χ0v) is 16.8. The van der Waals surface area contributed by atoms with Crippen LogP contribution in [-0.4, -0.2) is 40.4 Å². The lowest BCUT2D eigenvalue weighted by molar-refractivity contribution is -0.129. The molecule has 0 saturated heterocycles. The number of rotatable bonds is 8. The van der Waals surface area contributed by atoms with Crippen molar-refractivity contribution in [3.05, 3.63) is 48.5 Å². The fourth-order valence-electron chi connectivity index (χ4n) is 2.66. The number of hydrogen-bond donors (Lipinski definition) is 0. The normalized spacial score (nSPS) is 11.5. The summed E-state index contributed by atoms with van der Waals surface area (Å²) in [5, 5.41) is 8.76. The monoisotopic (exact) mass is 423 g/mol. The average molecular weight is 423 g/mol. The molecule has 3 rings (SSSR count). The summed E-state index contributed by atoms with van der Waals surface area (Å²) in [5.41, 5.74) is 1.47. The number of alkyl halides is 3. The molecule has 0 amide bonds. The van der Waals surface area contributed by atoms with Gasteiger partial charge in [0.2, 0.25) is 0 Å². The van der Waals surface area contributed by atoms with Gasteiger partial charge in [0, 0.05) is 17.0 Å². The predicted octanol–water partition coefficient (Wildman–Crippen LogP) is 5.39. The van der Waals surface area contributed by atoms with E-state index in [1.54, 1.807) is 35.9 Å². The minimum Gasteiger partial charge on any atom is -0.497 e. The molecule has 2 aromatic carbocycles. The molecule has 0 fully saturated rings. The zero-order chi connectivity index (χ0) is 20.9. The first kappa shape index (κ1) is 21.0. The number of ether oxygens (including phenoxy) is 2. The van der Waals surface area contributed by atoms with E-state index in [1.807, 2.05) is 31.2 Å². The van der Waals surface area contributed by atoms with Crippen molar-refractivity contribution < 1.29 is 22.6 Å². The van der Waals surface area contributed by atoms with Gasteiger partial charge in [-0.05, 0) is 43.3 Å². The molecule has 0 radical (unpaired) electrons. The average Bonchev–Trinajstić information content (AvgIpc) is 3.12. The molecule has 9 heteroatoms. The summed E-state index contributed by atoms with van der Waals surface area (Å²) >= 11 is 1.02. The third-order valence-electron chi connectivity index (χ3n) is 3.98. The molecule has 1 heterocycles. The highest BCUT2D eigenvalue weighted by molar-refractivity contribution is 7.99. The number of nitrogens with zero attached hydrogens (tertiary/aromatic N) is 3. The maximum atomic E-state index is 12.6. The summed E-state index contributed by atoms with van der Waals surface area (Å²) in [5.74, 6) is 1.73. The van der Waals surface area contributed by atoms with Crippen LogP contribution in [0.3, 0.4) is 0 Å². The maximum absolute atomic E-state index is 12.6. The Bertz CT molecular complexity index is 943. The topological polar surface area (TPSA) is 49.2 Å². The SMILES string of the molecule is CCOc1ccc(-n2c(SCCC(F)(F)F)nnc2-c2cccc(OC)c2)cc1. The smallest absolute Gasteiger partial charge is 0.389 e. The quantitative estimate of drug-likeness (QED) is 0.455. The van der Waals surface area contributed by atoms with E-state index in [-0.39, 0.29) is 5.75 Å². The molecule has 1 aromatic heterocycles. The third-order valence-corrected chi connectivity index (χ3v) is 4.91. The van der Waals surface area contributed by atoms with Gasteiger partial charge in [0.1, 0.15) is 11.5 Å². The minimum absolute atomic E-state index is 0.142. The summed E-state index contributed by atoms with van der Waals surface area (Å²) < 4.78 is 50.2. The standard InChI is InChI=1S/C20H20F3N3O2S/c1-3-28-16-9-7-15(8-10-16)26-18(14-5-4-6-17(13-14)27-2)24-25-19(26)29-12-11-20(21,22)23/h4-10,13H,3,11-12H2,1-2H3. The Morgan fingerprint density at radius 1 is 1.03 bits per heavy atom. The van der Waals surface area contributed by atoms with Gasteiger partial charge in [-0.15, -0.1) is 10.2 Å². The van der Waals surface area contributed by atoms with Crippen LogP contribution in [0.25, 0.3) is 17.1 Å². The number of thioether (sulfide) groups is 1. The van der Waals surface area contributed by atoms with E-state index < -0.39 is 12.6 Å². The molecular formula is C20H20F3N3O2S. The highest BCUT2D eigenvalue weighted by Crippen LogP contribution is 2.32. The minimum atomic E-state index is -4.22. The molecule has 0 aliphatic carbocycles. The Morgan fingerprint density at radius 3 is 2.45 bits per heavy atom. The largest absolute Gasteiger partial charge is 0.497 e. The van der Waals surface area contributed by atoms with Crippen molar-refractivity contribution in [1.82, 2.24) is 14.8 Å². The van der Waals surface area contributed by atoms with Crippen molar-refractivity contribution in [2.75, 3.05) is 19.5 Å². The second-order valence-electron chi connectivity index (χ2n) is 6.01. The Kier molecular flexibility index (Phi) is 6.68. The van der Waals surface area contributed by atoms with Crippen molar-refractivity contribution in [3.63, 3.8) is 0 Å². The second kappa shape index (κ2) is 9.21. The van der Waals surface area contributed by atoms with Crippen LogP contribution < -0.4 is 9.47 Å². The number of aromatic nitrogens is 3. The Morgan fingerprint density at radius 2 is 1.79 bits per heavy atom. The van der Waals surface area contributed by atoms with Gasteiger partial charge in [-0.2, -0.15) is 13.2 Å². The first-order valence-corrected chi connectivity index (χ1v) is 9.92. The number of methoxy groups -OCH3 is 1. The predicted molar refractivity (Wildman–Crippen MR) is 106 cm³/mol. The summed E-state index contributed by atoms with van der Waals surface area (Å²) in [6, 6.07) is 14.5. The van der Waals surface area contributed by atoms with E-state index >= 15 is 0 Å². The zero-order valence-electron chi connectivity index (χ0n) is 15.9. The van der Waals surface area contributed by atoms with Crippen LogP contribution in [0.2, 0.25) is 0 Å². The molecule has 0 bridgehead atoms. The van der Waals surface area contributed by atoms with E-state index in [9.17, 15) is 13.2 Å². The number of halogens is 3. The van der Waals surface area contributed by atoms with Gasteiger partial charge in [-0.1, -0.05) is 23.9 Å². The van der Waals surface area contributed by atoms with Crippen molar-refractivity contribution in [2.24, 2.45) is 0 Å². The van der Waals surface area contributed by atoms with Gasteiger partial charge >= 0.3 is 6.18 Å². The fourth-order valence-corrected chi connectivity index (χ4v) is 3.60. The molecule has 0 aliphatic heterocycles. The van der Waals surface area contributed by atoms with Crippen LogP contribution in [0, 0.1) is 0 Å². The maximum Gasteiger partial charge on any atom is 0.389 e. The highest BCUT2D eigenvalue weighted by Gasteiger charge is 2.27. The molecule has 0 spiro atoms. The molecule has 0 atom stereocenters. The van der Waals surface area contributed by atoms with Crippen molar-refractivity contribution in [2.45, 2.75) is 24.7 Å². The fraction of sp³-hybridized carbons (Fsp3) is 0.300. The van der Waals surface area contributed by atoms with E-state index in [2.05, 4.69) is 10.2 Å². The highest BCUT2D eigenvalue weighted by atomic mass is 32.2. The van der Waals surface area contributed by atoms with E-state index in [4.69, 9.17) is 9.47 Å². The second-order valence-corrected chi connectivity index (χ2v) is 7.08. The lowest BCUT2D eigenvalue weighted by Crippen LogP contribution is -2.08. The number of benzene rings is 2. The molecule has 29 heavy (non-hydrogen) atoms. The van der Waals surface area contributed by atoms with Crippen LogP contribution in [0.4, 0.5) is 13.2 Å². The Hall–Kier alpha value is -2.68.